The van der Waals surface area contributed by atoms with Gasteiger partial charge in [0.2, 0.25) is 5.82 Å². The van der Waals surface area contributed by atoms with Crippen LogP contribution in [0.4, 0.5) is 13.2 Å². The highest BCUT2D eigenvalue weighted by Crippen LogP contribution is 2.44. The molecule has 1 nitrogen and oxygen atoms in total. The van der Waals surface area contributed by atoms with Crippen molar-refractivity contribution in [3.8, 4) is 5.75 Å². The lowest BCUT2D eigenvalue weighted by Crippen LogP contribution is -2.38. The molecule has 2 aliphatic rings. The lowest BCUT2D eigenvalue weighted by Gasteiger charge is -2.40. The van der Waals surface area contributed by atoms with E-state index < -0.39 is 17.3 Å². The number of aryl methyl sites for hydroxylation is 1. The molecule has 2 saturated carbocycles. The van der Waals surface area contributed by atoms with Gasteiger partial charge >= 0.3 is 0 Å². The molecule has 0 N–H and O–H groups in total. The number of benzene rings is 1. The SMILES string of the molecule is CCCC1CCC([C@H]2CC[C@](F)(COc3ccc(C)c(F)c3F)CC2)CC1. The van der Waals surface area contributed by atoms with Gasteiger partial charge in [-0.2, -0.15) is 4.39 Å². The quantitative estimate of drug-likeness (QED) is 0.507. The molecule has 0 spiro atoms. The van der Waals surface area contributed by atoms with Crippen LogP contribution < -0.4 is 4.74 Å². The Bertz CT molecular complexity index is 614. The summed E-state index contributed by atoms with van der Waals surface area (Å²) in [5.41, 5.74) is -1.20. The van der Waals surface area contributed by atoms with Gasteiger partial charge in [-0.15, -0.1) is 0 Å². The summed E-state index contributed by atoms with van der Waals surface area (Å²) in [5.74, 6) is 0.135. The number of hydrogen-bond acceptors (Lipinski definition) is 1. The zero-order chi connectivity index (χ0) is 19.4. The minimum Gasteiger partial charge on any atom is -0.487 e. The molecule has 0 saturated heterocycles. The highest BCUT2D eigenvalue weighted by Gasteiger charge is 2.39. The Morgan fingerprint density at radius 3 is 2.22 bits per heavy atom. The van der Waals surface area contributed by atoms with Crippen molar-refractivity contribution in [1.82, 2.24) is 0 Å². The molecule has 2 fully saturated rings. The Kier molecular flexibility index (Phi) is 6.75. The van der Waals surface area contributed by atoms with Crippen LogP contribution in [0.1, 0.15) is 76.7 Å². The van der Waals surface area contributed by atoms with Crippen LogP contribution >= 0.6 is 0 Å². The normalized spacial score (nSPS) is 31.7. The number of halogens is 3. The fraction of sp³-hybridized carbons (Fsp3) is 0.739. The van der Waals surface area contributed by atoms with Crippen LogP contribution in [0.3, 0.4) is 0 Å². The topological polar surface area (TPSA) is 9.23 Å². The Hall–Kier alpha value is -1.19. The second kappa shape index (κ2) is 8.87. The van der Waals surface area contributed by atoms with Gasteiger partial charge in [0.1, 0.15) is 12.3 Å². The lowest BCUT2D eigenvalue weighted by atomic mass is 9.68. The maximum atomic E-state index is 15.1. The molecule has 0 radical (unpaired) electrons. The lowest BCUT2D eigenvalue weighted by molar-refractivity contribution is 0.0151. The molecule has 2 aliphatic carbocycles. The Morgan fingerprint density at radius 2 is 1.59 bits per heavy atom. The molecule has 1 aromatic rings. The van der Waals surface area contributed by atoms with Gasteiger partial charge in [-0.1, -0.05) is 38.7 Å². The molecular formula is C23H33F3O. The summed E-state index contributed by atoms with van der Waals surface area (Å²) in [6.45, 7) is 3.56. The van der Waals surface area contributed by atoms with Crippen molar-refractivity contribution in [2.24, 2.45) is 17.8 Å². The van der Waals surface area contributed by atoms with Crippen LogP contribution in [0.5, 0.6) is 5.75 Å². The van der Waals surface area contributed by atoms with E-state index in [1.165, 1.54) is 57.6 Å². The highest BCUT2D eigenvalue weighted by atomic mass is 19.2. The van der Waals surface area contributed by atoms with Crippen molar-refractivity contribution < 1.29 is 17.9 Å². The third-order valence-electron chi connectivity index (χ3n) is 6.91. The third-order valence-corrected chi connectivity index (χ3v) is 6.91. The summed E-state index contributed by atoms with van der Waals surface area (Å²) in [6.07, 6.45) is 10.5. The molecule has 1 aromatic carbocycles. The van der Waals surface area contributed by atoms with E-state index in [9.17, 15) is 8.78 Å². The number of ether oxygens (including phenoxy) is 1. The molecule has 0 unspecified atom stereocenters. The van der Waals surface area contributed by atoms with Gasteiger partial charge < -0.3 is 4.74 Å². The van der Waals surface area contributed by atoms with Crippen LogP contribution in [0.15, 0.2) is 12.1 Å². The summed E-state index contributed by atoms with van der Waals surface area (Å²) < 4.78 is 48.0. The van der Waals surface area contributed by atoms with Gasteiger partial charge in [0.05, 0.1) is 0 Å². The maximum absolute atomic E-state index is 15.1. The van der Waals surface area contributed by atoms with Crippen LogP contribution in [0.2, 0.25) is 0 Å². The van der Waals surface area contributed by atoms with Crippen molar-refractivity contribution in [2.75, 3.05) is 6.61 Å². The summed E-state index contributed by atoms with van der Waals surface area (Å²) in [7, 11) is 0. The van der Waals surface area contributed by atoms with E-state index >= 15 is 4.39 Å². The highest BCUT2D eigenvalue weighted by molar-refractivity contribution is 5.30. The van der Waals surface area contributed by atoms with Gasteiger partial charge in [0.15, 0.2) is 11.6 Å². The molecule has 4 heteroatoms. The van der Waals surface area contributed by atoms with E-state index in [2.05, 4.69) is 6.92 Å². The summed E-state index contributed by atoms with van der Waals surface area (Å²) in [6, 6.07) is 2.85. The molecule has 0 atom stereocenters. The predicted octanol–water partition coefficient (Wildman–Crippen LogP) is 7.16. The summed E-state index contributed by atoms with van der Waals surface area (Å²) >= 11 is 0. The van der Waals surface area contributed by atoms with Gasteiger partial charge in [-0.25, -0.2) is 8.78 Å². The zero-order valence-corrected chi connectivity index (χ0v) is 16.7. The minimum absolute atomic E-state index is 0.188. The van der Waals surface area contributed by atoms with E-state index in [0.29, 0.717) is 18.8 Å². The fourth-order valence-electron chi connectivity index (χ4n) is 5.08. The summed E-state index contributed by atoms with van der Waals surface area (Å²) in [5, 5.41) is 0. The number of alkyl halides is 1. The van der Waals surface area contributed by atoms with E-state index in [1.54, 1.807) is 0 Å². The van der Waals surface area contributed by atoms with Crippen LogP contribution in [0.25, 0.3) is 0 Å². The zero-order valence-electron chi connectivity index (χ0n) is 16.7. The van der Waals surface area contributed by atoms with Crippen LogP contribution in [0, 0.1) is 36.3 Å². The first-order chi connectivity index (χ1) is 12.9. The van der Waals surface area contributed by atoms with Gasteiger partial charge in [0.25, 0.3) is 0 Å². The van der Waals surface area contributed by atoms with Crippen LogP contribution in [-0.2, 0) is 0 Å². The Morgan fingerprint density at radius 1 is 0.963 bits per heavy atom. The predicted molar refractivity (Wildman–Crippen MR) is 103 cm³/mol. The first-order valence-electron chi connectivity index (χ1n) is 10.7. The number of rotatable bonds is 6. The van der Waals surface area contributed by atoms with Gasteiger partial charge in [-0.3, -0.25) is 0 Å². The van der Waals surface area contributed by atoms with Crippen molar-refractivity contribution in [3.05, 3.63) is 29.3 Å². The van der Waals surface area contributed by atoms with Crippen molar-refractivity contribution >= 4 is 0 Å². The van der Waals surface area contributed by atoms with Crippen molar-refractivity contribution in [1.29, 1.82) is 0 Å². The molecule has 0 aromatic heterocycles. The molecule has 152 valence electrons. The van der Waals surface area contributed by atoms with E-state index in [-0.39, 0.29) is 17.9 Å². The first kappa shape index (κ1) is 20.5. The second-order valence-electron chi connectivity index (χ2n) is 8.86. The first-order valence-corrected chi connectivity index (χ1v) is 10.7. The second-order valence-corrected chi connectivity index (χ2v) is 8.86. The standard InChI is InChI=1S/C23H33F3O/c1-3-4-17-6-8-18(9-7-17)19-11-13-23(26,14-12-19)15-27-20-10-5-16(2)21(24)22(20)25/h5,10,17-19H,3-4,6-9,11-15H2,1-2H3/t17?,18?,19-,23+. The average Bonchev–Trinajstić information content (AvgIpc) is 2.67. The molecule has 0 aliphatic heterocycles. The molecule has 3 rings (SSSR count). The third kappa shape index (κ3) is 5.00. The monoisotopic (exact) mass is 382 g/mol. The molecule has 0 bridgehead atoms. The van der Waals surface area contributed by atoms with E-state index in [4.69, 9.17) is 4.74 Å². The van der Waals surface area contributed by atoms with Gasteiger partial charge in [-0.05, 0) is 74.8 Å². The van der Waals surface area contributed by atoms with E-state index in [0.717, 1.165) is 24.7 Å². The summed E-state index contributed by atoms with van der Waals surface area (Å²) in [4.78, 5) is 0. The largest absolute Gasteiger partial charge is 0.487 e. The smallest absolute Gasteiger partial charge is 0.200 e. The maximum Gasteiger partial charge on any atom is 0.200 e. The van der Waals surface area contributed by atoms with Crippen molar-refractivity contribution in [2.45, 2.75) is 83.7 Å². The molecule has 0 heterocycles. The van der Waals surface area contributed by atoms with Crippen LogP contribution in [-0.4, -0.2) is 12.3 Å². The molecule has 0 amide bonds. The molecular weight excluding hydrogens is 349 g/mol. The minimum atomic E-state index is -1.43. The van der Waals surface area contributed by atoms with E-state index in [1.807, 2.05) is 0 Å². The van der Waals surface area contributed by atoms with Gasteiger partial charge in [0, 0.05) is 0 Å². The Balaban J connectivity index is 1.47. The Labute approximate surface area is 161 Å². The molecule has 27 heavy (non-hydrogen) atoms. The fourth-order valence-corrected chi connectivity index (χ4v) is 5.08. The number of hydrogen-bond donors (Lipinski definition) is 0. The van der Waals surface area contributed by atoms with Crippen molar-refractivity contribution in [3.63, 3.8) is 0 Å². The average molecular weight is 383 g/mol.